The summed E-state index contributed by atoms with van der Waals surface area (Å²) in [5, 5.41) is 28.1. The van der Waals surface area contributed by atoms with Gasteiger partial charge in [0.1, 0.15) is 0 Å². The van der Waals surface area contributed by atoms with Gasteiger partial charge in [-0.15, -0.1) is 0 Å². The molecule has 5 rings (SSSR count). The number of aliphatic hydroxyl groups is 1. The van der Waals surface area contributed by atoms with Gasteiger partial charge in [-0.25, -0.2) is 0 Å². The Bertz CT molecular complexity index is 782. The molecule has 0 aromatic heterocycles. The number of nitrogens with one attached hydrogen (secondary N) is 5. The summed E-state index contributed by atoms with van der Waals surface area (Å²) < 4.78 is 0. The minimum absolute atomic E-state index is 0.0363. The monoisotopic (exact) mass is 443 g/mol. The number of hydrogen-bond acceptors (Lipinski definition) is 8. The minimum Gasteiger partial charge on any atom is -0.361 e. The van der Waals surface area contributed by atoms with Gasteiger partial charge in [-0.3, -0.25) is 20.4 Å². The Morgan fingerprint density at radius 1 is 1.06 bits per heavy atom. The summed E-state index contributed by atoms with van der Waals surface area (Å²) in [6.07, 6.45) is 8.73. The summed E-state index contributed by atoms with van der Waals surface area (Å²) in [5.41, 5.74) is 3.88. The zero-order valence-electron chi connectivity index (χ0n) is 19.8. The highest BCUT2D eigenvalue weighted by Crippen LogP contribution is 2.34. The molecular weight excluding hydrogens is 402 g/mol. The predicted molar refractivity (Wildman–Crippen MR) is 128 cm³/mol. The molecule has 3 heterocycles. The Morgan fingerprint density at radius 2 is 1.84 bits per heavy atom. The molecule has 3 aliphatic heterocycles. The van der Waals surface area contributed by atoms with Gasteiger partial charge in [0.2, 0.25) is 0 Å². The molecule has 2 aliphatic carbocycles. The van der Waals surface area contributed by atoms with Crippen molar-refractivity contribution >= 4 is 0 Å². The molecule has 0 saturated carbocycles. The molecular formula is C24H41N7O. The fraction of sp³-hybridized carbons (Fsp3) is 0.750. The van der Waals surface area contributed by atoms with Crippen molar-refractivity contribution in [3.05, 3.63) is 35.6 Å². The molecule has 0 aromatic rings. The number of fused-ring (bicyclic) bond motifs is 3. The van der Waals surface area contributed by atoms with Gasteiger partial charge >= 0.3 is 0 Å². The molecule has 3 fully saturated rings. The number of likely N-dealkylation sites (N-methyl/N-ethyl adjacent to an activating group) is 1. The molecule has 0 radical (unpaired) electrons. The van der Waals surface area contributed by atoms with Crippen LogP contribution in [-0.2, 0) is 0 Å². The molecule has 3 saturated heterocycles. The molecule has 178 valence electrons. The summed E-state index contributed by atoms with van der Waals surface area (Å²) in [7, 11) is 2.25. The maximum absolute atomic E-state index is 10.3. The van der Waals surface area contributed by atoms with E-state index in [1.54, 1.807) is 0 Å². The van der Waals surface area contributed by atoms with Crippen LogP contribution in [0.1, 0.15) is 39.5 Å². The lowest BCUT2D eigenvalue weighted by Gasteiger charge is -2.55. The molecule has 8 heteroatoms. The summed E-state index contributed by atoms with van der Waals surface area (Å²) >= 11 is 0. The molecule has 8 atom stereocenters. The fourth-order valence-electron chi connectivity index (χ4n) is 6.44. The van der Waals surface area contributed by atoms with E-state index in [2.05, 4.69) is 76.0 Å². The van der Waals surface area contributed by atoms with Crippen molar-refractivity contribution in [1.29, 1.82) is 0 Å². The third-order valence-corrected chi connectivity index (χ3v) is 8.46. The van der Waals surface area contributed by atoms with E-state index in [0.717, 1.165) is 51.0 Å². The van der Waals surface area contributed by atoms with Crippen LogP contribution in [-0.4, -0.2) is 90.5 Å². The minimum atomic E-state index is -0.757. The van der Waals surface area contributed by atoms with Crippen LogP contribution in [0.15, 0.2) is 35.6 Å². The first-order valence-corrected chi connectivity index (χ1v) is 12.3. The molecule has 0 aromatic carbocycles. The molecule has 0 amide bonds. The molecule has 8 unspecified atom stereocenters. The van der Waals surface area contributed by atoms with Crippen LogP contribution in [0, 0.1) is 0 Å². The van der Waals surface area contributed by atoms with E-state index in [1.807, 2.05) is 0 Å². The number of hydrogen-bond donors (Lipinski definition) is 6. The van der Waals surface area contributed by atoms with Gasteiger partial charge in [0, 0.05) is 49.5 Å². The second kappa shape index (κ2) is 9.18. The third kappa shape index (κ3) is 4.18. The van der Waals surface area contributed by atoms with E-state index >= 15 is 0 Å². The average molecular weight is 444 g/mol. The van der Waals surface area contributed by atoms with Gasteiger partial charge in [0.05, 0.1) is 18.4 Å². The van der Waals surface area contributed by atoms with Crippen molar-refractivity contribution in [2.75, 3.05) is 26.7 Å². The van der Waals surface area contributed by atoms with E-state index < -0.39 is 6.35 Å². The maximum Gasteiger partial charge on any atom is 0.182 e. The Kier molecular flexibility index (Phi) is 6.46. The first kappa shape index (κ1) is 22.5. The molecule has 32 heavy (non-hydrogen) atoms. The molecule has 0 spiro atoms. The van der Waals surface area contributed by atoms with Crippen LogP contribution in [0.25, 0.3) is 0 Å². The smallest absolute Gasteiger partial charge is 0.182 e. The number of aliphatic hydroxyl groups excluding tert-OH is 1. The van der Waals surface area contributed by atoms with Gasteiger partial charge in [-0.1, -0.05) is 29.9 Å². The Balaban J connectivity index is 1.22. The first-order valence-electron chi connectivity index (χ1n) is 12.3. The van der Waals surface area contributed by atoms with Crippen LogP contribution in [0.3, 0.4) is 0 Å². The lowest BCUT2D eigenvalue weighted by Crippen LogP contribution is -2.77. The zero-order chi connectivity index (χ0) is 22.4. The van der Waals surface area contributed by atoms with Crippen LogP contribution in [0.4, 0.5) is 0 Å². The number of rotatable bonds is 5. The van der Waals surface area contributed by atoms with Gasteiger partial charge in [-0.2, -0.15) is 0 Å². The van der Waals surface area contributed by atoms with Gasteiger partial charge in [0.25, 0.3) is 0 Å². The predicted octanol–water partition coefficient (Wildman–Crippen LogP) is -0.0260. The van der Waals surface area contributed by atoms with Crippen molar-refractivity contribution in [3.63, 3.8) is 0 Å². The first-order chi connectivity index (χ1) is 15.4. The van der Waals surface area contributed by atoms with Crippen LogP contribution in [0.2, 0.25) is 0 Å². The highest BCUT2D eigenvalue weighted by atomic mass is 16.3. The molecule has 6 N–H and O–H groups in total. The summed E-state index contributed by atoms with van der Waals surface area (Å²) in [5.74, 6) is 0. The summed E-state index contributed by atoms with van der Waals surface area (Å²) in [6.45, 7) is 11.5. The van der Waals surface area contributed by atoms with E-state index in [-0.39, 0.29) is 12.2 Å². The molecule has 0 bridgehead atoms. The Labute approximate surface area is 192 Å². The van der Waals surface area contributed by atoms with E-state index in [0.29, 0.717) is 30.3 Å². The standard InChI is InChI=1S/C24H41N7O/c1-14-11-18-20(12-15(14)2)31(23-22(28-18)16(3)26-24(32)29-23)10-9-25-13-21-27-17-7-5-6-8-19(17)30(21)4/h5-6,17-29,32H,3,7-13H2,1-2,4H3. The van der Waals surface area contributed by atoms with Gasteiger partial charge in [0.15, 0.2) is 6.35 Å². The van der Waals surface area contributed by atoms with Crippen molar-refractivity contribution in [3.8, 4) is 0 Å². The Hall–Kier alpha value is -1.26. The Morgan fingerprint density at radius 3 is 2.66 bits per heavy atom. The highest BCUT2D eigenvalue weighted by Gasteiger charge is 2.47. The van der Waals surface area contributed by atoms with E-state index in [1.165, 1.54) is 11.1 Å². The largest absolute Gasteiger partial charge is 0.361 e. The van der Waals surface area contributed by atoms with E-state index in [9.17, 15) is 5.11 Å². The van der Waals surface area contributed by atoms with Crippen molar-refractivity contribution in [2.24, 2.45) is 0 Å². The lowest BCUT2D eigenvalue weighted by molar-refractivity contribution is -0.0421. The number of nitrogens with zero attached hydrogens (tertiary/aromatic N) is 2. The SMILES string of the molecule is C=C1NC(O)NC2C1NC1CC(C)=C(C)CC1N2CCNCC1NC2CC=CCC2N1C. The summed E-state index contributed by atoms with van der Waals surface area (Å²) in [4.78, 5) is 5.07. The third-order valence-electron chi connectivity index (χ3n) is 8.46. The number of piperazine rings is 1. The van der Waals surface area contributed by atoms with Crippen molar-refractivity contribution < 1.29 is 5.11 Å². The van der Waals surface area contributed by atoms with Gasteiger partial charge in [-0.05, 0) is 46.6 Å². The van der Waals surface area contributed by atoms with Crippen molar-refractivity contribution in [2.45, 2.75) is 88.4 Å². The fourth-order valence-corrected chi connectivity index (χ4v) is 6.44. The summed E-state index contributed by atoms with van der Waals surface area (Å²) in [6, 6.07) is 2.12. The second-order valence-electron chi connectivity index (χ2n) is 10.4. The van der Waals surface area contributed by atoms with Crippen molar-refractivity contribution in [1.82, 2.24) is 36.4 Å². The topological polar surface area (TPSA) is 86.9 Å². The molecule has 5 aliphatic rings. The average Bonchev–Trinajstić information content (AvgIpc) is 3.08. The lowest BCUT2D eigenvalue weighted by atomic mass is 9.81. The van der Waals surface area contributed by atoms with Crippen LogP contribution >= 0.6 is 0 Å². The van der Waals surface area contributed by atoms with Crippen LogP contribution < -0.4 is 26.6 Å². The normalized spacial score (nSPS) is 42.4. The maximum atomic E-state index is 10.3. The van der Waals surface area contributed by atoms with Gasteiger partial charge < -0.3 is 21.1 Å². The van der Waals surface area contributed by atoms with Crippen LogP contribution in [0.5, 0.6) is 0 Å². The second-order valence-corrected chi connectivity index (χ2v) is 10.4. The quantitative estimate of drug-likeness (QED) is 0.261. The zero-order valence-corrected chi connectivity index (χ0v) is 19.8. The molecule has 8 nitrogen and oxygen atoms in total. The highest BCUT2D eigenvalue weighted by molar-refractivity contribution is 5.24. The van der Waals surface area contributed by atoms with E-state index in [4.69, 9.17) is 0 Å².